The van der Waals surface area contributed by atoms with Gasteiger partial charge in [0.05, 0.1) is 23.3 Å². The van der Waals surface area contributed by atoms with Crippen molar-refractivity contribution < 1.29 is 30.8 Å². The van der Waals surface area contributed by atoms with Gasteiger partial charge in [0.15, 0.2) is 0 Å². The van der Waals surface area contributed by atoms with Crippen LogP contribution >= 0.6 is 0 Å². The van der Waals surface area contributed by atoms with Crippen LogP contribution in [0.25, 0.3) is 0 Å². The molecule has 35 heavy (non-hydrogen) atoms. The molecule has 190 valence electrons. The van der Waals surface area contributed by atoms with Gasteiger partial charge in [-0.05, 0) is 42.6 Å². The molecule has 0 spiro atoms. The number of methoxy groups -OCH3 is 1. The number of urea groups is 1. The van der Waals surface area contributed by atoms with Gasteiger partial charge in [-0.1, -0.05) is 27.7 Å². The largest absolute Gasteiger partial charge is 0.495 e. The maximum absolute atomic E-state index is 15.0. The second kappa shape index (κ2) is 10.6. The van der Waals surface area contributed by atoms with Crippen molar-refractivity contribution in [2.24, 2.45) is 0 Å². The molecule has 0 fully saturated rings. The molecule has 0 aliphatic heterocycles. The van der Waals surface area contributed by atoms with Gasteiger partial charge in [0, 0.05) is 11.6 Å². The van der Waals surface area contributed by atoms with Gasteiger partial charge in [-0.15, -0.1) is 0 Å². The molecule has 0 atom stereocenters. The third kappa shape index (κ3) is 5.90. The number of hydrogen-bond acceptors (Lipinski definition) is 7. The molecule has 0 unspecified atom stereocenters. The summed E-state index contributed by atoms with van der Waals surface area (Å²) in [5, 5.41) is 11.7. The average molecular weight is 527 g/mol. The molecular formula is C22H27FN4O6S2. The Morgan fingerprint density at radius 2 is 1.69 bits per heavy atom. The molecule has 0 aliphatic carbocycles. The zero-order valence-corrected chi connectivity index (χ0v) is 21.7. The molecular weight excluding hydrogens is 499 g/mol. The summed E-state index contributed by atoms with van der Waals surface area (Å²) in [6.45, 7) is 6.91. The Balaban J connectivity index is 2.50. The standard InChI is InChI=1S/C22H27FN4O6S2/c1-12(2)16-9-14(11-24)20(23)19(13(3)4)21(16)26-22(28)27-35(31,32)18-8-7-15(10-17(18)33-6)34(29,30)25-5/h7-10,12-13,25H,1-6H3,(H2,26,27,28). The van der Waals surface area contributed by atoms with Crippen LogP contribution in [0.5, 0.6) is 5.75 Å². The van der Waals surface area contributed by atoms with Crippen molar-refractivity contribution in [1.29, 1.82) is 5.26 Å². The van der Waals surface area contributed by atoms with Crippen LogP contribution in [0.3, 0.4) is 0 Å². The number of amides is 2. The van der Waals surface area contributed by atoms with Gasteiger partial charge in [-0.3, -0.25) is 0 Å². The summed E-state index contributed by atoms with van der Waals surface area (Å²) in [5.74, 6) is -1.77. The predicted molar refractivity (Wildman–Crippen MR) is 128 cm³/mol. The maximum Gasteiger partial charge on any atom is 0.333 e. The van der Waals surface area contributed by atoms with Gasteiger partial charge >= 0.3 is 6.03 Å². The fraction of sp³-hybridized carbons (Fsp3) is 0.364. The molecule has 0 saturated carbocycles. The molecule has 10 nitrogen and oxygen atoms in total. The van der Waals surface area contributed by atoms with Crippen LogP contribution in [0.15, 0.2) is 34.1 Å². The first-order chi connectivity index (χ1) is 16.2. The Kier molecular flexibility index (Phi) is 8.48. The van der Waals surface area contributed by atoms with E-state index in [9.17, 15) is 31.3 Å². The lowest BCUT2D eigenvalue weighted by Gasteiger charge is -2.22. The number of halogens is 1. The molecule has 0 saturated heterocycles. The number of ether oxygens (including phenoxy) is 1. The lowest BCUT2D eigenvalue weighted by molar-refractivity contribution is 0.256. The summed E-state index contributed by atoms with van der Waals surface area (Å²) < 4.78 is 73.8. The first-order valence-electron chi connectivity index (χ1n) is 10.4. The van der Waals surface area contributed by atoms with Gasteiger partial charge in [-0.2, -0.15) is 5.26 Å². The number of anilines is 1. The Morgan fingerprint density at radius 1 is 1.06 bits per heavy atom. The van der Waals surface area contributed by atoms with E-state index in [1.54, 1.807) is 33.8 Å². The second-order valence-electron chi connectivity index (χ2n) is 8.12. The van der Waals surface area contributed by atoms with Crippen molar-refractivity contribution in [2.75, 3.05) is 19.5 Å². The van der Waals surface area contributed by atoms with E-state index in [1.165, 1.54) is 13.1 Å². The van der Waals surface area contributed by atoms with E-state index in [0.717, 1.165) is 25.3 Å². The average Bonchev–Trinajstić information content (AvgIpc) is 2.77. The van der Waals surface area contributed by atoms with Gasteiger partial charge in [0.1, 0.15) is 22.5 Å². The Morgan fingerprint density at radius 3 is 2.17 bits per heavy atom. The summed E-state index contributed by atoms with van der Waals surface area (Å²) in [7, 11) is -6.06. The molecule has 0 bridgehead atoms. The van der Waals surface area contributed by atoms with Gasteiger partial charge < -0.3 is 10.1 Å². The highest BCUT2D eigenvalue weighted by molar-refractivity contribution is 7.90. The zero-order valence-electron chi connectivity index (χ0n) is 20.1. The summed E-state index contributed by atoms with van der Waals surface area (Å²) in [6, 6.07) is 4.98. The van der Waals surface area contributed by atoms with Crippen molar-refractivity contribution in [2.45, 2.75) is 49.3 Å². The molecule has 0 aliphatic rings. The van der Waals surface area contributed by atoms with E-state index in [4.69, 9.17) is 4.74 Å². The highest BCUT2D eigenvalue weighted by atomic mass is 32.2. The van der Waals surface area contributed by atoms with Gasteiger partial charge in [0.2, 0.25) is 10.0 Å². The van der Waals surface area contributed by atoms with E-state index in [0.29, 0.717) is 5.56 Å². The lowest BCUT2D eigenvalue weighted by atomic mass is 9.90. The number of hydrogen-bond donors (Lipinski definition) is 3. The smallest absolute Gasteiger partial charge is 0.333 e. The van der Waals surface area contributed by atoms with Crippen LogP contribution < -0.4 is 19.5 Å². The fourth-order valence-corrected chi connectivity index (χ4v) is 5.20. The second-order valence-corrected chi connectivity index (χ2v) is 11.7. The van der Waals surface area contributed by atoms with Crippen LogP contribution in [0.2, 0.25) is 0 Å². The van der Waals surface area contributed by atoms with Crippen molar-refractivity contribution in [3.8, 4) is 11.8 Å². The minimum Gasteiger partial charge on any atom is -0.495 e. The summed E-state index contributed by atoms with van der Waals surface area (Å²) in [6.07, 6.45) is 0. The first kappa shape index (κ1) is 28.0. The number of rotatable bonds is 8. The third-order valence-electron chi connectivity index (χ3n) is 5.12. The maximum atomic E-state index is 15.0. The summed E-state index contributed by atoms with van der Waals surface area (Å²) >= 11 is 0. The molecule has 3 N–H and O–H groups in total. The first-order valence-corrected chi connectivity index (χ1v) is 13.4. The molecule has 2 aromatic carbocycles. The van der Waals surface area contributed by atoms with Crippen molar-refractivity contribution in [1.82, 2.24) is 9.44 Å². The van der Waals surface area contributed by atoms with Crippen LogP contribution in [0.4, 0.5) is 14.9 Å². The molecule has 0 radical (unpaired) electrons. The quantitative estimate of drug-likeness (QED) is 0.476. The van der Waals surface area contributed by atoms with Gasteiger partial charge in [-0.25, -0.2) is 35.5 Å². The molecule has 2 amide bonds. The number of benzene rings is 2. The molecule has 2 aromatic rings. The number of nitriles is 1. The SMILES string of the molecule is CNS(=O)(=O)c1ccc(S(=O)(=O)NC(=O)Nc2c(C(C)C)cc(C#N)c(F)c2C(C)C)c(OC)c1. The fourth-order valence-electron chi connectivity index (χ4n) is 3.39. The Bertz CT molecular complexity index is 1400. The summed E-state index contributed by atoms with van der Waals surface area (Å²) in [5.41, 5.74) is 0.414. The number of nitrogens with one attached hydrogen (secondary N) is 3. The van der Waals surface area contributed by atoms with Crippen LogP contribution in [-0.2, 0) is 20.0 Å². The monoisotopic (exact) mass is 526 g/mol. The molecule has 0 heterocycles. The highest BCUT2D eigenvalue weighted by Gasteiger charge is 2.27. The predicted octanol–water partition coefficient (Wildman–Crippen LogP) is 3.37. The number of sulfonamides is 2. The van der Waals surface area contributed by atoms with E-state index in [2.05, 4.69) is 10.0 Å². The number of carbonyl (C=O) groups excluding carboxylic acids is 1. The lowest BCUT2D eigenvalue weighted by Crippen LogP contribution is -2.35. The summed E-state index contributed by atoms with van der Waals surface area (Å²) in [4.78, 5) is 12.0. The minimum atomic E-state index is -4.53. The van der Waals surface area contributed by atoms with Crippen molar-refractivity contribution >= 4 is 31.8 Å². The molecule has 13 heteroatoms. The Hall–Kier alpha value is -3.21. The highest BCUT2D eigenvalue weighted by Crippen LogP contribution is 2.36. The van der Waals surface area contributed by atoms with Crippen molar-refractivity contribution in [3.05, 3.63) is 46.8 Å². The van der Waals surface area contributed by atoms with E-state index < -0.39 is 42.7 Å². The van der Waals surface area contributed by atoms with Crippen LogP contribution in [-0.4, -0.2) is 37.0 Å². The topological polar surface area (TPSA) is 154 Å². The molecule has 2 rings (SSSR count). The Labute approximate surface area is 204 Å². The van der Waals surface area contributed by atoms with Crippen LogP contribution in [0.1, 0.15) is 56.2 Å². The van der Waals surface area contributed by atoms with Gasteiger partial charge in [0.25, 0.3) is 10.0 Å². The van der Waals surface area contributed by atoms with Crippen molar-refractivity contribution in [3.63, 3.8) is 0 Å². The van der Waals surface area contributed by atoms with E-state index >= 15 is 0 Å². The normalized spacial score (nSPS) is 11.9. The number of carbonyl (C=O) groups is 1. The minimum absolute atomic E-state index is 0.0690. The molecule has 0 aromatic heterocycles. The van der Waals surface area contributed by atoms with E-state index in [1.807, 2.05) is 4.72 Å². The zero-order chi connectivity index (χ0) is 26.7. The van der Waals surface area contributed by atoms with E-state index in [-0.39, 0.29) is 33.4 Å². The third-order valence-corrected chi connectivity index (χ3v) is 7.90. The van der Waals surface area contributed by atoms with Crippen LogP contribution in [0, 0.1) is 17.1 Å². The number of nitrogens with zero attached hydrogens (tertiary/aromatic N) is 1.